The van der Waals surface area contributed by atoms with Crippen LogP contribution in [0.5, 0.6) is 0 Å². The van der Waals surface area contributed by atoms with Crippen molar-refractivity contribution in [3.8, 4) is 0 Å². The van der Waals surface area contributed by atoms with Gasteiger partial charge in [0.15, 0.2) is 17.9 Å². The van der Waals surface area contributed by atoms with Crippen LogP contribution < -0.4 is 0 Å². The van der Waals surface area contributed by atoms with E-state index < -0.39 is 17.2 Å². The van der Waals surface area contributed by atoms with Gasteiger partial charge in [-0.15, -0.1) is 0 Å². The molecule has 4 nitrogen and oxygen atoms in total. The number of carbonyl (C=O) groups excluding carboxylic acids is 3. The van der Waals surface area contributed by atoms with Crippen LogP contribution >= 0.6 is 0 Å². The maximum absolute atomic E-state index is 11.0. The highest BCUT2D eigenvalue weighted by Crippen LogP contribution is 2.08. The van der Waals surface area contributed by atoms with Gasteiger partial charge in [0, 0.05) is 6.42 Å². The lowest BCUT2D eigenvalue weighted by Crippen LogP contribution is -2.46. The van der Waals surface area contributed by atoms with Gasteiger partial charge in [0.05, 0.1) is 0 Å². The normalized spacial score (nSPS) is 14.9. The largest absolute Gasteiger partial charge is 0.369 e. The number of carbonyl (C=O) groups is 3. The van der Waals surface area contributed by atoms with E-state index >= 15 is 0 Å². The average molecular weight is 172 g/mol. The van der Waals surface area contributed by atoms with Crippen LogP contribution in [-0.2, 0) is 14.4 Å². The van der Waals surface area contributed by atoms with E-state index in [1.807, 2.05) is 0 Å². The molecule has 0 radical (unpaired) electrons. The van der Waals surface area contributed by atoms with E-state index in [-0.39, 0.29) is 12.7 Å². The molecule has 0 rings (SSSR count). The molecule has 0 bridgehead atoms. The summed E-state index contributed by atoms with van der Waals surface area (Å²) in [4.78, 5) is 32.0. The van der Waals surface area contributed by atoms with Crippen molar-refractivity contribution in [1.29, 1.82) is 0 Å². The van der Waals surface area contributed by atoms with Crippen molar-refractivity contribution >= 4 is 17.9 Å². The first-order valence-corrected chi connectivity index (χ1v) is 3.72. The van der Waals surface area contributed by atoms with E-state index in [0.717, 1.165) is 6.92 Å². The van der Waals surface area contributed by atoms with Gasteiger partial charge in [-0.05, 0) is 13.3 Å². The summed E-state index contributed by atoms with van der Waals surface area (Å²) < 4.78 is 0. The quantitative estimate of drug-likeness (QED) is 0.463. The van der Waals surface area contributed by atoms with Crippen LogP contribution in [-0.4, -0.2) is 28.6 Å². The number of hydrogen-bond donors (Lipinski definition) is 1. The van der Waals surface area contributed by atoms with Crippen molar-refractivity contribution in [3.63, 3.8) is 0 Å². The SMILES string of the molecule is CCCC(=O)C(O)(C=O)C(C)=O. The number of aliphatic hydroxyl groups is 1. The van der Waals surface area contributed by atoms with Crippen LogP contribution in [0.1, 0.15) is 26.7 Å². The van der Waals surface area contributed by atoms with E-state index in [1.54, 1.807) is 6.92 Å². The number of rotatable bonds is 5. The fraction of sp³-hybridized carbons (Fsp3) is 0.625. The van der Waals surface area contributed by atoms with Crippen molar-refractivity contribution in [2.75, 3.05) is 0 Å². The number of hydrogen-bond acceptors (Lipinski definition) is 4. The number of ketones is 2. The molecule has 0 saturated heterocycles. The molecule has 1 unspecified atom stereocenters. The summed E-state index contributed by atoms with van der Waals surface area (Å²) in [6, 6.07) is 0. The smallest absolute Gasteiger partial charge is 0.236 e. The van der Waals surface area contributed by atoms with Crippen LogP contribution in [0, 0.1) is 0 Å². The van der Waals surface area contributed by atoms with Crippen LogP contribution in [0.4, 0.5) is 0 Å². The molecule has 1 N–H and O–H groups in total. The highest BCUT2D eigenvalue weighted by atomic mass is 16.3. The van der Waals surface area contributed by atoms with Crippen LogP contribution in [0.25, 0.3) is 0 Å². The van der Waals surface area contributed by atoms with Crippen LogP contribution in [0.15, 0.2) is 0 Å². The summed E-state index contributed by atoms with van der Waals surface area (Å²) in [5.74, 6) is -1.55. The van der Waals surface area contributed by atoms with Gasteiger partial charge in [-0.2, -0.15) is 0 Å². The third kappa shape index (κ3) is 1.98. The van der Waals surface area contributed by atoms with Crippen molar-refractivity contribution in [2.24, 2.45) is 0 Å². The zero-order valence-corrected chi connectivity index (χ0v) is 7.16. The minimum absolute atomic E-state index is 0.00662. The van der Waals surface area contributed by atoms with Gasteiger partial charge in [-0.3, -0.25) is 14.4 Å². The molecule has 0 aromatic rings. The second kappa shape index (κ2) is 4.11. The lowest BCUT2D eigenvalue weighted by molar-refractivity contribution is -0.152. The minimum Gasteiger partial charge on any atom is -0.369 e. The number of aldehydes is 1. The van der Waals surface area contributed by atoms with E-state index in [1.165, 1.54) is 0 Å². The molecule has 0 aliphatic heterocycles. The Hall–Kier alpha value is -1.03. The lowest BCUT2D eigenvalue weighted by Gasteiger charge is -2.15. The Bertz CT molecular complexity index is 209. The molecule has 1 atom stereocenters. The summed E-state index contributed by atoms with van der Waals surface area (Å²) >= 11 is 0. The Morgan fingerprint density at radius 2 is 2.00 bits per heavy atom. The maximum Gasteiger partial charge on any atom is 0.236 e. The average Bonchev–Trinajstić information content (AvgIpc) is 2.03. The van der Waals surface area contributed by atoms with Crippen LogP contribution in [0.3, 0.4) is 0 Å². The molecular formula is C8H12O4. The van der Waals surface area contributed by atoms with Crippen molar-refractivity contribution in [3.05, 3.63) is 0 Å². The molecule has 0 spiro atoms. The Morgan fingerprint density at radius 3 is 2.25 bits per heavy atom. The van der Waals surface area contributed by atoms with Gasteiger partial charge >= 0.3 is 0 Å². The summed E-state index contributed by atoms with van der Waals surface area (Å²) in [7, 11) is 0. The molecule has 0 aliphatic rings. The molecule has 68 valence electrons. The van der Waals surface area contributed by atoms with Gasteiger partial charge < -0.3 is 5.11 Å². The second-order valence-corrected chi connectivity index (χ2v) is 2.61. The highest BCUT2D eigenvalue weighted by molar-refractivity contribution is 6.21. The van der Waals surface area contributed by atoms with Crippen molar-refractivity contribution in [1.82, 2.24) is 0 Å². The third-order valence-electron chi connectivity index (χ3n) is 1.61. The van der Waals surface area contributed by atoms with Gasteiger partial charge in [0.2, 0.25) is 5.60 Å². The van der Waals surface area contributed by atoms with Crippen molar-refractivity contribution < 1.29 is 19.5 Å². The van der Waals surface area contributed by atoms with Crippen LogP contribution in [0.2, 0.25) is 0 Å². The zero-order valence-electron chi connectivity index (χ0n) is 7.16. The Kier molecular flexibility index (Phi) is 3.76. The third-order valence-corrected chi connectivity index (χ3v) is 1.61. The predicted molar refractivity (Wildman–Crippen MR) is 41.6 cm³/mol. The number of Topliss-reactive ketones (excluding diaryl/α,β-unsaturated/α-hetero) is 2. The Balaban J connectivity index is 4.63. The van der Waals surface area contributed by atoms with E-state index in [2.05, 4.69) is 0 Å². The fourth-order valence-electron chi connectivity index (χ4n) is 0.763. The standard InChI is InChI=1S/C8H12O4/c1-3-4-7(11)8(12,5-9)6(2)10/h5,12H,3-4H2,1-2H3. The van der Waals surface area contributed by atoms with Gasteiger partial charge in [-0.25, -0.2) is 0 Å². The molecule has 0 saturated carbocycles. The fourth-order valence-corrected chi connectivity index (χ4v) is 0.763. The van der Waals surface area contributed by atoms with E-state index in [9.17, 15) is 19.5 Å². The molecule has 0 fully saturated rings. The molecule has 0 amide bonds. The van der Waals surface area contributed by atoms with Gasteiger partial charge in [0.1, 0.15) is 0 Å². The second-order valence-electron chi connectivity index (χ2n) is 2.61. The summed E-state index contributed by atoms with van der Waals surface area (Å²) in [6.07, 6.45) is 0.532. The molecule has 0 heterocycles. The van der Waals surface area contributed by atoms with Gasteiger partial charge in [-0.1, -0.05) is 6.92 Å². The minimum atomic E-state index is -2.41. The topological polar surface area (TPSA) is 71.4 Å². The monoisotopic (exact) mass is 172 g/mol. The van der Waals surface area contributed by atoms with E-state index in [4.69, 9.17) is 0 Å². The highest BCUT2D eigenvalue weighted by Gasteiger charge is 2.39. The summed E-state index contributed by atoms with van der Waals surface area (Å²) in [6.45, 7) is 2.74. The first kappa shape index (κ1) is 11.0. The molecule has 0 aliphatic carbocycles. The summed E-state index contributed by atoms with van der Waals surface area (Å²) in [5, 5.41) is 9.23. The first-order valence-electron chi connectivity index (χ1n) is 3.72. The van der Waals surface area contributed by atoms with E-state index in [0.29, 0.717) is 6.42 Å². The Labute approximate surface area is 70.6 Å². The zero-order chi connectivity index (χ0) is 9.78. The van der Waals surface area contributed by atoms with Gasteiger partial charge in [0.25, 0.3) is 0 Å². The Morgan fingerprint density at radius 1 is 1.50 bits per heavy atom. The molecule has 12 heavy (non-hydrogen) atoms. The summed E-state index contributed by atoms with van der Waals surface area (Å²) in [5.41, 5.74) is -2.41. The maximum atomic E-state index is 11.0. The first-order chi connectivity index (χ1) is 5.49. The lowest BCUT2D eigenvalue weighted by atomic mass is 9.93. The molecular weight excluding hydrogens is 160 g/mol. The molecule has 0 aromatic heterocycles. The molecule has 0 aromatic carbocycles. The predicted octanol–water partition coefficient (Wildman–Crippen LogP) is -0.125. The van der Waals surface area contributed by atoms with Crippen molar-refractivity contribution in [2.45, 2.75) is 32.3 Å². The molecule has 4 heteroatoms.